The minimum Gasteiger partial charge on any atom is -0.491 e. The molecule has 8 rings (SSSR count). The van der Waals surface area contributed by atoms with Crippen LogP contribution in [0.25, 0.3) is 22.0 Å². The number of nitrogens with zero attached hydrogens (tertiary/aromatic N) is 6. The molecule has 3 aliphatic heterocycles. The number of ether oxygens (including phenoxy) is 2. The van der Waals surface area contributed by atoms with E-state index in [0.717, 1.165) is 108 Å². The van der Waals surface area contributed by atoms with E-state index < -0.39 is 0 Å². The summed E-state index contributed by atoms with van der Waals surface area (Å²) in [5.41, 5.74) is 11.3. The molecule has 0 radical (unpaired) electrons. The number of rotatable bonds is 1. The van der Waals surface area contributed by atoms with Gasteiger partial charge in [0.1, 0.15) is 11.4 Å². The molecule has 0 unspecified atom stereocenters. The van der Waals surface area contributed by atoms with Crippen LogP contribution in [0.4, 0.5) is 5.69 Å². The summed E-state index contributed by atoms with van der Waals surface area (Å²) in [6.45, 7) is 3.65. The molecule has 10 nitrogen and oxygen atoms in total. The standard InChI is InChI=1S/C38H44ClN7O3S/c1-43-20-24-18-25(45(3)41-24)22-50-26-17-23-9-7-14-40-35(23)32(19-26)49-16-8-10-27-28-12-13-29(39)33(36(28)44(2)37(27)38(47)48-4)34-30(21-43)42-46-15-6-5-11-31(34)46/h12-13,17-19,40H,5-11,14-16,20-22H2,1-4H3. The van der Waals surface area contributed by atoms with Gasteiger partial charge in [-0.3, -0.25) is 14.3 Å². The molecule has 6 heterocycles. The van der Waals surface area contributed by atoms with Gasteiger partial charge in [-0.2, -0.15) is 10.2 Å². The molecule has 8 bridgehead atoms. The lowest BCUT2D eigenvalue weighted by Crippen LogP contribution is -2.18. The lowest BCUT2D eigenvalue weighted by Gasteiger charge is -2.22. The van der Waals surface area contributed by atoms with E-state index in [-0.39, 0.29) is 5.97 Å². The number of halogens is 1. The molecule has 0 amide bonds. The highest BCUT2D eigenvalue weighted by atomic mass is 35.5. The quantitative estimate of drug-likeness (QED) is 0.183. The summed E-state index contributed by atoms with van der Waals surface area (Å²) in [7, 11) is 7.56. The highest BCUT2D eigenvalue weighted by molar-refractivity contribution is 7.98. The van der Waals surface area contributed by atoms with Crippen molar-refractivity contribution in [1.82, 2.24) is 29.0 Å². The largest absolute Gasteiger partial charge is 0.491 e. The van der Waals surface area contributed by atoms with Gasteiger partial charge < -0.3 is 19.4 Å². The van der Waals surface area contributed by atoms with Crippen molar-refractivity contribution in [2.45, 2.75) is 75.2 Å². The van der Waals surface area contributed by atoms with Crippen molar-refractivity contribution < 1.29 is 14.3 Å². The second-order valence-electron chi connectivity index (χ2n) is 13.8. The zero-order valence-electron chi connectivity index (χ0n) is 29.3. The summed E-state index contributed by atoms with van der Waals surface area (Å²) < 4.78 is 18.1. The molecular weight excluding hydrogens is 670 g/mol. The highest BCUT2D eigenvalue weighted by Crippen LogP contribution is 2.44. The summed E-state index contributed by atoms with van der Waals surface area (Å²) in [5, 5.41) is 15.4. The molecular formula is C38H44ClN7O3S. The van der Waals surface area contributed by atoms with E-state index in [9.17, 15) is 4.79 Å². The van der Waals surface area contributed by atoms with Gasteiger partial charge in [0.05, 0.1) is 41.3 Å². The van der Waals surface area contributed by atoms with Gasteiger partial charge in [0.15, 0.2) is 0 Å². The van der Waals surface area contributed by atoms with Crippen molar-refractivity contribution in [1.29, 1.82) is 0 Å². The third kappa shape index (κ3) is 5.96. The number of fused-ring (bicyclic) bond motifs is 10. The Kier molecular flexibility index (Phi) is 9.07. The lowest BCUT2D eigenvalue weighted by molar-refractivity contribution is 0.0589. The summed E-state index contributed by atoms with van der Waals surface area (Å²) in [5.74, 6) is 1.35. The number of benzene rings is 2. The molecule has 1 N–H and O–H groups in total. The number of carbonyl (C=O) groups excluding carboxylic acids is 1. The van der Waals surface area contributed by atoms with Crippen LogP contribution in [-0.4, -0.2) is 62.3 Å². The molecule has 0 aliphatic carbocycles. The van der Waals surface area contributed by atoms with Crippen molar-refractivity contribution in [2.24, 2.45) is 14.1 Å². The number of hydrogen-bond acceptors (Lipinski definition) is 8. The van der Waals surface area contributed by atoms with Crippen LogP contribution >= 0.6 is 23.4 Å². The maximum atomic E-state index is 13.5. The minimum atomic E-state index is -0.356. The second-order valence-corrected chi connectivity index (χ2v) is 15.3. The fourth-order valence-electron chi connectivity index (χ4n) is 8.08. The number of methoxy groups -OCH3 is 1. The van der Waals surface area contributed by atoms with Gasteiger partial charge in [-0.05, 0) is 87.4 Å². The van der Waals surface area contributed by atoms with Gasteiger partial charge in [0, 0.05) is 78.8 Å². The SMILES string of the molecule is COC(=O)c1c2c3ccc(Cl)c(c3n1C)-c1c(nn3c1CCCC3)CN(C)Cc1cc(n(C)n1)CSc1cc3c(c(c1)OCCC2)NCCC3. The lowest BCUT2D eigenvalue weighted by atomic mass is 9.95. The molecule has 50 heavy (non-hydrogen) atoms. The van der Waals surface area contributed by atoms with Gasteiger partial charge in [0.2, 0.25) is 0 Å². The number of carbonyl (C=O) groups is 1. The van der Waals surface area contributed by atoms with E-state index in [2.05, 4.69) is 46.2 Å². The predicted molar refractivity (Wildman–Crippen MR) is 198 cm³/mol. The number of esters is 1. The molecule has 0 saturated carbocycles. The van der Waals surface area contributed by atoms with Crippen LogP contribution < -0.4 is 10.1 Å². The number of aryl methyl sites for hydroxylation is 5. The number of thioether (sulfide) groups is 1. The van der Waals surface area contributed by atoms with Crippen LogP contribution in [0.3, 0.4) is 0 Å². The van der Waals surface area contributed by atoms with Gasteiger partial charge >= 0.3 is 5.97 Å². The Morgan fingerprint density at radius 1 is 1.00 bits per heavy atom. The van der Waals surface area contributed by atoms with Crippen LogP contribution in [0.2, 0.25) is 5.02 Å². The van der Waals surface area contributed by atoms with Crippen LogP contribution in [0, 0.1) is 0 Å². The van der Waals surface area contributed by atoms with E-state index >= 15 is 0 Å². The smallest absolute Gasteiger partial charge is 0.354 e. The van der Waals surface area contributed by atoms with Crippen molar-refractivity contribution in [2.75, 3.05) is 32.6 Å². The first-order chi connectivity index (χ1) is 24.3. The van der Waals surface area contributed by atoms with Gasteiger partial charge in [-0.15, -0.1) is 11.8 Å². The number of hydrogen-bond donors (Lipinski definition) is 1. The number of anilines is 1. The Labute approximate surface area is 302 Å². The average Bonchev–Trinajstić information content (AvgIpc) is 3.74. The van der Waals surface area contributed by atoms with E-state index in [1.54, 1.807) is 0 Å². The fraction of sp³-hybridized carbons (Fsp3) is 0.447. The molecule has 0 saturated heterocycles. The maximum absolute atomic E-state index is 13.5. The second kappa shape index (κ2) is 13.7. The Morgan fingerprint density at radius 3 is 2.74 bits per heavy atom. The molecule has 0 fully saturated rings. The van der Waals surface area contributed by atoms with Crippen LogP contribution in [0.1, 0.15) is 70.1 Å². The molecule has 3 aromatic heterocycles. The molecule has 262 valence electrons. The molecule has 0 spiro atoms. The Morgan fingerprint density at radius 2 is 1.88 bits per heavy atom. The van der Waals surface area contributed by atoms with E-state index in [0.29, 0.717) is 36.8 Å². The molecule has 5 aromatic rings. The molecule has 2 aromatic carbocycles. The summed E-state index contributed by atoms with van der Waals surface area (Å²) in [6, 6.07) is 10.7. The summed E-state index contributed by atoms with van der Waals surface area (Å²) >= 11 is 9.01. The normalized spacial score (nSPS) is 16.9. The zero-order valence-corrected chi connectivity index (χ0v) is 30.8. The van der Waals surface area contributed by atoms with Crippen molar-refractivity contribution in [3.8, 4) is 16.9 Å². The van der Waals surface area contributed by atoms with Crippen LogP contribution in [0.15, 0.2) is 35.2 Å². The van der Waals surface area contributed by atoms with Gasteiger partial charge in [-0.1, -0.05) is 17.7 Å². The van der Waals surface area contributed by atoms with Crippen molar-refractivity contribution in [3.05, 3.63) is 75.0 Å². The molecule has 3 aliphatic rings. The zero-order chi connectivity index (χ0) is 34.5. The molecule has 0 atom stereocenters. The van der Waals surface area contributed by atoms with E-state index in [1.807, 2.05) is 41.2 Å². The average molecular weight is 714 g/mol. The highest BCUT2D eigenvalue weighted by Gasteiger charge is 2.30. The Balaban J connectivity index is 1.28. The Bertz CT molecular complexity index is 2120. The first-order valence-electron chi connectivity index (χ1n) is 17.6. The van der Waals surface area contributed by atoms with Crippen molar-refractivity contribution in [3.63, 3.8) is 0 Å². The third-order valence-corrected chi connectivity index (χ3v) is 11.7. The number of aromatic nitrogens is 5. The topological polar surface area (TPSA) is 91.4 Å². The predicted octanol–water partition coefficient (Wildman–Crippen LogP) is 7.16. The van der Waals surface area contributed by atoms with Crippen LogP contribution in [0.5, 0.6) is 5.75 Å². The maximum Gasteiger partial charge on any atom is 0.354 e. The van der Waals surface area contributed by atoms with E-state index in [1.165, 1.54) is 29.0 Å². The van der Waals surface area contributed by atoms with Gasteiger partial charge in [0.25, 0.3) is 0 Å². The van der Waals surface area contributed by atoms with Gasteiger partial charge in [-0.25, -0.2) is 4.79 Å². The first-order valence-corrected chi connectivity index (χ1v) is 19.0. The summed E-state index contributed by atoms with van der Waals surface area (Å²) in [4.78, 5) is 16.9. The van der Waals surface area contributed by atoms with Crippen molar-refractivity contribution >= 4 is 45.9 Å². The third-order valence-electron chi connectivity index (χ3n) is 10.4. The Hall–Kier alpha value is -3.93. The first kappa shape index (κ1) is 33.2. The molecule has 12 heteroatoms. The number of nitrogens with one attached hydrogen (secondary N) is 1. The van der Waals surface area contributed by atoms with E-state index in [4.69, 9.17) is 31.3 Å². The monoisotopic (exact) mass is 713 g/mol. The summed E-state index contributed by atoms with van der Waals surface area (Å²) in [6.07, 6.45) is 6.63. The minimum absolute atomic E-state index is 0.356. The fourth-order valence-corrected chi connectivity index (χ4v) is 9.33. The van der Waals surface area contributed by atoms with Crippen LogP contribution in [-0.2, 0) is 63.5 Å².